The number of carbonyl (C=O) groups is 2. The van der Waals surface area contributed by atoms with Crippen molar-refractivity contribution < 1.29 is 14.7 Å². The van der Waals surface area contributed by atoms with Gasteiger partial charge in [-0.2, -0.15) is 5.26 Å². The van der Waals surface area contributed by atoms with E-state index in [2.05, 4.69) is 10.6 Å². The molecule has 2 unspecified atom stereocenters. The summed E-state index contributed by atoms with van der Waals surface area (Å²) in [6.07, 6.45) is 2.00. The highest BCUT2D eigenvalue weighted by atomic mass is 16.4. The summed E-state index contributed by atoms with van der Waals surface area (Å²) in [5, 5.41) is 23.4. The van der Waals surface area contributed by atoms with Gasteiger partial charge < -0.3 is 15.7 Å². The summed E-state index contributed by atoms with van der Waals surface area (Å²) >= 11 is 0. The smallest absolute Gasteiger partial charge is 0.319 e. The molecule has 0 aromatic heterocycles. The molecule has 2 rings (SSSR count). The topological polar surface area (TPSA) is 102 Å². The van der Waals surface area contributed by atoms with Crippen molar-refractivity contribution in [1.29, 1.82) is 5.26 Å². The Hall–Kier alpha value is -2.55. The summed E-state index contributed by atoms with van der Waals surface area (Å²) in [5.74, 6) is -0.885. The maximum absolute atomic E-state index is 12.0. The number of carbonyl (C=O) groups excluding carboxylic acids is 1. The zero-order valence-electron chi connectivity index (χ0n) is 11.7. The van der Waals surface area contributed by atoms with E-state index in [-0.39, 0.29) is 6.04 Å². The molecule has 3 N–H and O–H groups in total. The number of nitrogens with zero attached hydrogens (tertiary/aromatic N) is 1. The van der Waals surface area contributed by atoms with Crippen LogP contribution in [0.3, 0.4) is 0 Å². The summed E-state index contributed by atoms with van der Waals surface area (Å²) in [7, 11) is 0. The predicted octanol–water partition coefficient (Wildman–Crippen LogP) is 2.32. The average Bonchev–Trinajstić information content (AvgIpc) is 2.82. The minimum atomic E-state index is -0.915. The highest BCUT2D eigenvalue weighted by Gasteiger charge is 2.45. The number of hydrogen-bond donors (Lipinski definition) is 3. The molecule has 2 amide bonds. The van der Waals surface area contributed by atoms with Gasteiger partial charge in [-0.05, 0) is 44.0 Å². The quantitative estimate of drug-likeness (QED) is 0.793. The molecule has 0 spiro atoms. The number of nitriles is 1. The first-order chi connectivity index (χ1) is 9.95. The molecule has 0 radical (unpaired) electrons. The molecule has 6 nitrogen and oxygen atoms in total. The summed E-state index contributed by atoms with van der Waals surface area (Å²) in [6.45, 7) is 1.66. The number of urea groups is 1. The normalized spacial score (nSPS) is 24.1. The van der Waals surface area contributed by atoms with Crippen molar-refractivity contribution in [2.24, 2.45) is 5.41 Å². The molecule has 1 aliphatic carbocycles. The molecule has 0 heterocycles. The zero-order valence-corrected chi connectivity index (χ0v) is 11.7. The first-order valence-electron chi connectivity index (χ1n) is 6.77. The molecule has 0 saturated heterocycles. The summed E-state index contributed by atoms with van der Waals surface area (Å²) in [6, 6.07) is 7.65. The van der Waals surface area contributed by atoms with Gasteiger partial charge in [0.05, 0.1) is 17.0 Å². The van der Waals surface area contributed by atoms with Gasteiger partial charge in [-0.15, -0.1) is 0 Å². The Morgan fingerprint density at radius 2 is 2.05 bits per heavy atom. The fourth-order valence-corrected chi connectivity index (χ4v) is 2.61. The minimum absolute atomic E-state index is 0.381. The molecular formula is C15H17N3O3. The van der Waals surface area contributed by atoms with Crippen LogP contribution in [0.4, 0.5) is 10.5 Å². The number of carboxylic acid groups (broad SMARTS) is 1. The minimum Gasteiger partial charge on any atom is -0.481 e. The second-order valence-electron chi connectivity index (χ2n) is 5.46. The van der Waals surface area contributed by atoms with Crippen LogP contribution in [0, 0.1) is 16.7 Å². The lowest BCUT2D eigenvalue weighted by molar-refractivity contribution is -0.148. The van der Waals surface area contributed by atoms with E-state index in [0.717, 1.165) is 6.42 Å². The number of hydrogen-bond acceptors (Lipinski definition) is 3. The molecule has 1 aromatic rings. The van der Waals surface area contributed by atoms with Gasteiger partial charge in [0.25, 0.3) is 0 Å². The lowest BCUT2D eigenvalue weighted by atomic mass is 9.85. The van der Waals surface area contributed by atoms with E-state index < -0.39 is 17.4 Å². The van der Waals surface area contributed by atoms with E-state index in [1.807, 2.05) is 6.07 Å². The van der Waals surface area contributed by atoms with Gasteiger partial charge in [0, 0.05) is 11.7 Å². The third kappa shape index (κ3) is 3.14. The maximum Gasteiger partial charge on any atom is 0.319 e. The average molecular weight is 287 g/mol. The maximum atomic E-state index is 12.0. The highest BCUT2D eigenvalue weighted by molar-refractivity contribution is 5.90. The molecule has 0 aliphatic heterocycles. The fraction of sp³-hybridized carbons (Fsp3) is 0.400. The number of benzene rings is 1. The van der Waals surface area contributed by atoms with E-state index in [4.69, 9.17) is 5.26 Å². The molecule has 1 aromatic carbocycles. The summed E-state index contributed by atoms with van der Waals surface area (Å²) in [5.41, 5.74) is 0.152. The molecular weight excluding hydrogens is 270 g/mol. The summed E-state index contributed by atoms with van der Waals surface area (Å²) in [4.78, 5) is 23.3. The van der Waals surface area contributed by atoms with Gasteiger partial charge in [-0.25, -0.2) is 4.79 Å². The number of anilines is 1. The van der Waals surface area contributed by atoms with Crippen LogP contribution in [0.15, 0.2) is 24.3 Å². The highest BCUT2D eigenvalue weighted by Crippen LogP contribution is 2.38. The van der Waals surface area contributed by atoms with Gasteiger partial charge in [0.1, 0.15) is 0 Å². The van der Waals surface area contributed by atoms with Crippen LogP contribution < -0.4 is 10.6 Å². The van der Waals surface area contributed by atoms with Gasteiger partial charge in [-0.3, -0.25) is 4.79 Å². The molecule has 21 heavy (non-hydrogen) atoms. The lowest BCUT2D eigenvalue weighted by Crippen LogP contribution is -2.48. The Kier molecular flexibility index (Phi) is 4.13. The van der Waals surface area contributed by atoms with Crippen LogP contribution in [0.1, 0.15) is 31.7 Å². The Balaban J connectivity index is 1.98. The first-order valence-corrected chi connectivity index (χ1v) is 6.77. The molecule has 2 atom stereocenters. The van der Waals surface area contributed by atoms with Crippen LogP contribution >= 0.6 is 0 Å². The first kappa shape index (κ1) is 14.9. The number of nitrogens with one attached hydrogen (secondary N) is 2. The number of aliphatic carboxylic acids is 1. The second-order valence-corrected chi connectivity index (χ2v) is 5.46. The number of carboxylic acids is 1. The molecule has 110 valence electrons. The summed E-state index contributed by atoms with van der Waals surface area (Å²) < 4.78 is 0. The molecule has 1 aliphatic rings. The van der Waals surface area contributed by atoms with Crippen LogP contribution in [0.2, 0.25) is 0 Å². The second kappa shape index (κ2) is 5.83. The third-order valence-electron chi connectivity index (χ3n) is 4.02. The Labute approximate surface area is 122 Å². The Morgan fingerprint density at radius 3 is 2.62 bits per heavy atom. The van der Waals surface area contributed by atoms with Crippen LogP contribution in [0.5, 0.6) is 0 Å². The van der Waals surface area contributed by atoms with E-state index in [1.165, 1.54) is 0 Å². The van der Waals surface area contributed by atoms with E-state index >= 15 is 0 Å². The van der Waals surface area contributed by atoms with Crippen LogP contribution in [0.25, 0.3) is 0 Å². The number of rotatable bonds is 3. The SMILES string of the molecule is CC1(C(=O)O)CCCC1NC(=O)Nc1ccc(C#N)cc1. The predicted molar refractivity (Wildman–Crippen MR) is 76.7 cm³/mol. The van der Waals surface area contributed by atoms with Crippen molar-refractivity contribution in [2.75, 3.05) is 5.32 Å². The van der Waals surface area contributed by atoms with Crippen LogP contribution in [-0.4, -0.2) is 23.1 Å². The van der Waals surface area contributed by atoms with Crippen molar-refractivity contribution >= 4 is 17.7 Å². The van der Waals surface area contributed by atoms with Gasteiger partial charge in [-0.1, -0.05) is 6.42 Å². The Bertz CT molecular complexity index is 591. The number of amides is 2. The third-order valence-corrected chi connectivity index (χ3v) is 4.02. The largest absolute Gasteiger partial charge is 0.481 e. The molecule has 1 saturated carbocycles. The van der Waals surface area contributed by atoms with E-state index in [1.54, 1.807) is 31.2 Å². The van der Waals surface area contributed by atoms with Gasteiger partial charge >= 0.3 is 12.0 Å². The fourth-order valence-electron chi connectivity index (χ4n) is 2.61. The zero-order chi connectivity index (χ0) is 15.5. The van der Waals surface area contributed by atoms with E-state index in [9.17, 15) is 14.7 Å². The molecule has 0 bridgehead atoms. The van der Waals surface area contributed by atoms with Crippen molar-refractivity contribution in [2.45, 2.75) is 32.2 Å². The van der Waals surface area contributed by atoms with E-state index in [0.29, 0.717) is 24.1 Å². The van der Waals surface area contributed by atoms with Crippen molar-refractivity contribution in [1.82, 2.24) is 5.32 Å². The van der Waals surface area contributed by atoms with Gasteiger partial charge in [0.15, 0.2) is 0 Å². The van der Waals surface area contributed by atoms with Crippen LogP contribution in [-0.2, 0) is 4.79 Å². The van der Waals surface area contributed by atoms with Crippen molar-refractivity contribution in [3.8, 4) is 6.07 Å². The van der Waals surface area contributed by atoms with Crippen molar-refractivity contribution in [3.05, 3.63) is 29.8 Å². The van der Waals surface area contributed by atoms with Crippen molar-refractivity contribution in [3.63, 3.8) is 0 Å². The molecule has 6 heteroatoms. The Morgan fingerprint density at radius 1 is 1.38 bits per heavy atom. The lowest BCUT2D eigenvalue weighted by Gasteiger charge is -2.27. The molecule has 1 fully saturated rings. The van der Waals surface area contributed by atoms with Gasteiger partial charge in [0.2, 0.25) is 0 Å². The monoisotopic (exact) mass is 287 g/mol. The standard InChI is InChI=1S/C15H17N3O3/c1-15(13(19)20)8-2-3-12(15)18-14(21)17-11-6-4-10(9-16)5-7-11/h4-7,12H,2-3,8H2,1H3,(H,19,20)(H2,17,18,21).